The highest BCUT2D eigenvalue weighted by molar-refractivity contribution is 5.55. The van der Waals surface area contributed by atoms with Gasteiger partial charge in [0.05, 0.1) is 0 Å². The lowest BCUT2D eigenvalue weighted by atomic mass is 10.0. The standard InChI is InChI=1S/C17H28N2/c1-4-15-10-6-5-9-13-19(15)17-12-8-7-11-16(17)14(2)18-3/h7-8,11-12,14-15,18H,4-6,9-10,13H2,1-3H3. The minimum atomic E-state index is 0.414. The first-order chi connectivity index (χ1) is 9.27. The Bertz CT molecular complexity index is 389. The van der Waals surface area contributed by atoms with Crippen LogP contribution in [0.4, 0.5) is 5.69 Å². The van der Waals surface area contributed by atoms with Crippen molar-refractivity contribution in [3.63, 3.8) is 0 Å². The number of hydrogen-bond acceptors (Lipinski definition) is 2. The first-order valence-corrected chi connectivity index (χ1v) is 7.80. The summed E-state index contributed by atoms with van der Waals surface area (Å²) in [6, 6.07) is 10.0. The fourth-order valence-corrected chi connectivity index (χ4v) is 3.19. The van der Waals surface area contributed by atoms with Crippen LogP contribution in [0.15, 0.2) is 24.3 Å². The van der Waals surface area contributed by atoms with Crippen molar-refractivity contribution >= 4 is 5.69 Å². The van der Waals surface area contributed by atoms with Gasteiger partial charge >= 0.3 is 0 Å². The zero-order chi connectivity index (χ0) is 13.7. The molecule has 1 aliphatic rings. The monoisotopic (exact) mass is 260 g/mol. The number of anilines is 1. The van der Waals surface area contributed by atoms with Gasteiger partial charge in [-0.2, -0.15) is 0 Å². The summed E-state index contributed by atoms with van der Waals surface area (Å²) < 4.78 is 0. The van der Waals surface area contributed by atoms with Gasteiger partial charge in [-0.05, 0) is 44.9 Å². The van der Waals surface area contributed by atoms with Crippen LogP contribution in [0.1, 0.15) is 57.6 Å². The van der Waals surface area contributed by atoms with E-state index < -0.39 is 0 Å². The van der Waals surface area contributed by atoms with Crippen LogP contribution in [-0.2, 0) is 0 Å². The van der Waals surface area contributed by atoms with Crippen LogP contribution in [0, 0.1) is 0 Å². The molecule has 0 saturated carbocycles. The van der Waals surface area contributed by atoms with Crippen molar-refractivity contribution in [2.45, 2.75) is 58.0 Å². The fourth-order valence-electron chi connectivity index (χ4n) is 3.19. The molecule has 2 unspecified atom stereocenters. The molecule has 2 rings (SSSR count). The first-order valence-electron chi connectivity index (χ1n) is 7.80. The molecule has 2 atom stereocenters. The van der Waals surface area contributed by atoms with E-state index in [-0.39, 0.29) is 0 Å². The Morgan fingerprint density at radius 3 is 2.79 bits per heavy atom. The number of nitrogens with one attached hydrogen (secondary N) is 1. The van der Waals surface area contributed by atoms with E-state index in [1.165, 1.54) is 49.9 Å². The Morgan fingerprint density at radius 1 is 1.26 bits per heavy atom. The Labute approximate surface area is 118 Å². The Hall–Kier alpha value is -1.02. The van der Waals surface area contributed by atoms with Gasteiger partial charge in [-0.15, -0.1) is 0 Å². The largest absolute Gasteiger partial charge is 0.368 e. The molecule has 0 aliphatic carbocycles. The molecule has 2 nitrogen and oxygen atoms in total. The second-order valence-electron chi connectivity index (χ2n) is 5.67. The SMILES string of the molecule is CCC1CCCCCN1c1ccccc1C(C)NC. The van der Waals surface area contributed by atoms with Crippen molar-refractivity contribution in [2.75, 3.05) is 18.5 Å². The predicted octanol–water partition coefficient (Wildman–Crippen LogP) is 4.13. The first kappa shape index (κ1) is 14.4. The van der Waals surface area contributed by atoms with Crippen molar-refractivity contribution in [3.8, 4) is 0 Å². The molecule has 0 spiro atoms. The van der Waals surface area contributed by atoms with Crippen LogP contribution in [0.5, 0.6) is 0 Å². The zero-order valence-electron chi connectivity index (χ0n) is 12.7. The number of nitrogens with zero attached hydrogens (tertiary/aromatic N) is 1. The van der Waals surface area contributed by atoms with Gasteiger partial charge in [0.1, 0.15) is 0 Å². The van der Waals surface area contributed by atoms with Crippen LogP contribution in [-0.4, -0.2) is 19.6 Å². The molecule has 0 amide bonds. The maximum atomic E-state index is 3.38. The van der Waals surface area contributed by atoms with Gasteiger partial charge in [0, 0.05) is 24.3 Å². The third-order valence-corrected chi connectivity index (χ3v) is 4.49. The van der Waals surface area contributed by atoms with Crippen LogP contribution < -0.4 is 10.2 Å². The summed E-state index contributed by atoms with van der Waals surface area (Å²) in [5.74, 6) is 0. The molecule has 0 aromatic heterocycles. The molecule has 1 fully saturated rings. The van der Waals surface area contributed by atoms with Crippen LogP contribution in [0.3, 0.4) is 0 Å². The number of para-hydroxylation sites is 1. The maximum absolute atomic E-state index is 3.38. The van der Waals surface area contributed by atoms with Crippen molar-refractivity contribution in [1.29, 1.82) is 0 Å². The Morgan fingerprint density at radius 2 is 2.05 bits per heavy atom. The summed E-state index contributed by atoms with van der Waals surface area (Å²) in [6.07, 6.45) is 6.70. The van der Waals surface area contributed by atoms with Gasteiger partial charge in [0.2, 0.25) is 0 Å². The third-order valence-electron chi connectivity index (χ3n) is 4.49. The minimum absolute atomic E-state index is 0.414. The topological polar surface area (TPSA) is 15.3 Å². The lowest BCUT2D eigenvalue weighted by molar-refractivity contribution is 0.550. The maximum Gasteiger partial charge on any atom is 0.0417 e. The van der Waals surface area contributed by atoms with Crippen molar-refractivity contribution in [1.82, 2.24) is 5.32 Å². The minimum Gasteiger partial charge on any atom is -0.368 e. The predicted molar refractivity (Wildman–Crippen MR) is 83.8 cm³/mol. The average molecular weight is 260 g/mol. The average Bonchev–Trinajstić information content (AvgIpc) is 2.71. The Kier molecular flexibility index (Phi) is 5.26. The van der Waals surface area contributed by atoms with E-state index in [0.717, 1.165) is 0 Å². The lowest BCUT2D eigenvalue weighted by Gasteiger charge is -2.34. The van der Waals surface area contributed by atoms with Gasteiger partial charge in [0.25, 0.3) is 0 Å². The van der Waals surface area contributed by atoms with Crippen LogP contribution in [0.2, 0.25) is 0 Å². The molecule has 19 heavy (non-hydrogen) atoms. The van der Waals surface area contributed by atoms with Crippen LogP contribution in [0.25, 0.3) is 0 Å². The number of hydrogen-bond donors (Lipinski definition) is 1. The molecule has 2 heteroatoms. The quantitative estimate of drug-likeness (QED) is 0.876. The molecule has 1 N–H and O–H groups in total. The molecule has 106 valence electrons. The summed E-state index contributed by atoms with van der Waals surface area (Å²) in [4.78, 5) is 2.66. The van der Waals surface area contributed by atoms with Crippen molar-refractivity contribution < 1.29 is 0 Å². The Balaban J connectivity index is 2.32. The molecule has 0 bridgehead atoms. The van der Waals surface area contributed by atoms with Gasteiger partial charge in [0.15, 0.2) is 0 Å². The van der Waals surface area contributed by atoms with Gasteiger partial charge in [-0.25, -0.2) is 0 Å². The smallest absolute Gasteiger partial charge is 0.0417 e. The summed E-state index contributed by atoms with van der Waals surface area (Å²) in [6.45, 7) is 5.79. The summed E-state index contributed by atoms with van der Waals surface area (Å²) >= 11 is 0. The molecule has 0 radical (unpaired) electrons. The van der Waals surface area contributed by atoms with Crippen LogP contribution >= 0.6 is 0 Å². The molecular weight excluding hydrogens is 232 g/mol. The van der Waals surface area contributed by atoms with E-state index in [4.69, 9.17) is 0 Å². The molecule has 1 aromatic carbocycles. The fraction of sp³-hybridized carbons (Fsp3) is 0.647. The van der Waals surface area contributed by atoms with Crippen molar-refractivity contribution in [2.24, 2.45) is 0 Å². The summed E-state index contributed by atoms with van der Waals surface area (Å²) in [7, 11) is 2.04. The van der Waals surface area contributed by atoms with E-state index in [1.807, 2.05) is 7.05 Å². The highest BCUT2D eigenvalue weighted by atomic mass is 15.2. The molecule has 1 heterocycles. The molecule has 1 saturated heterocycles. The highest BCUT2D eigenvalue weighted by Gasteiger charge is 2.22. The number of benzene rings is 1. The molecule has 1 aliphatic heterocycles. The lowest BCUT2D eigenvalue weighted by Crippen LogP contribution is -2.35. The van der Waals surface area contributed by atoms with E-state index in [9.17, 15) is 0 Å². The number of rotatable bonds is 4. The van der Waals surface area contributed by atoms with E-state index >= 15 is 0 Å². The van der Waals surface area contributed by atoms with E-state index in [2.05, 4.69) is 48.3 Å². The zero-order valence-corrected chi connectivity index (χ0v) is 12.7. The van der Waals surface area contributed by atoms with E-state index in [0.29, 0.717) is 12.1 Å². The normalized spacial score (nSPS) is 22.1. The summed E-state index contributed by atoms with van der Waals surface area (Å²) in [5.41, 5.74) is 2.88. The van der Waals surface area contributed by atoms with Crippen molar-refractivity contribution in [3.05, 3.63) is 29.8 Å². The third kappa shape index (κ3) is 3.30. The van der Waals surface area contributed by atoms with Gasteiger partial charge < -0.3 is 10.2 Å². The second-order valence-corrected chi connectivity index (χ2v) is 5.67. The second kappa shape index (κ2) is 6.95. The van der Waals surface area contributed by atoms with Gasteiger partial charge in [-0.3, -0.25) is 0 Å². The highest BCUT2D eigenvalue weighted by Crippen LogP contribution is 2.31. The summed E-state index contributed by atoms with van der Waals surface area (Å²) in [5, 5.41) is 3.38. The molecular formula is C17H28N2. The van der Waals surface area contributed by atoms with Gasteiger partial charge in [-0.1, -0.05) is 38.0 Å². The van der Waals surface area contributed by atoms with E-state index in [1.54, 1.807) is 0 Å². The molecule has 1 aromatic rings.